The normalized spacial score (nSPS) is 16.4. The van der Waals surface area contributed by atoms with Crippen LogP contribution in [0.5, 0.6) is 0 Å². The Morgan fingerprint density at radius 1 is 1.19 bits per heavy atom. The lowest BCUT2D eigenvalue weighted by Crippen LogP contribution is -2.35. The van der Waals surface area contributed by atoms with Gasteiger partial charge in [0.25, 0.3) is 0 Å². The minimum Gasteiger partial charge on any atom is -0.479 e. The Kier molecular flexibility index (Phi) is 6.74. The van der Waals surface area contributed by atoms with E-state index in [1.807, 2.05) is 34.6 Å². The maximum absolute atomic E-state index is 12.1. The SMILES string of the molecule is CC(C)=C1CCN(c2c(Br)c(C)nc(C)c2C(OC(C)(C)C)C(=O)O)CC1. The van der Waals surface area contributed by atoms with E-state index in [4.69, 9.17) is 4.74 Å². The standard InChI is InChI=1S/C21H31BrN2O3/c1-12(2)15-8-10-24(11-9-15)18-16(13(3)23-14(4)17(18)22)19(20(25)26)27-21(5,6)7/h19H,8-11H2,1-7H3,(H,25,26). The lowest BCUT2D eigenvalue weighted by molar-refractivity contribution is -0.160. The van der Waals surface area contributed by atoms with Gasteiger partial charge in [0.2, 0.25) is 0 Å². The number of hydrogen-bond acceptors (Lipinski definition) is 4. The van der Waals surface area contributed by atoms with E-state index in [0.29, 0.717) is 11.3 Å². The monoisotopic (exact) mass is 438 g/mol. The first-order valence-corrected chi connectivity index (χ1v) is 10.2. The number of piperidine rings is 1. The molecule has 1 fully saturated rings. The number of aryl methyl sites for hydroxylation is 2. The number of aromatic nitrogens is 1. The van der Waals surface area contributed by atoms with E-state index in [9.17, 15) is 9.90 Å². The molecule has 1 aliphatic heterocycles. The number of pyridine rings is 1. The molecule has 0 saturated carbocycles. The van der Waals surface area contributed by atoms with Crippen molar-refractivity contribution in [3.8, 4) is 0 Å². The third kappa shape index (κ3) is 5.11. The molecule has 2 heterocycles. The number of hydrogen-bond donors (Lipinski definition) is 1. The van der Waals surface area contributed by atoms with Gasteiger partial charge in [-0.1, -0.05) is 11.1 Å². The van der Waals surface area contributed by atoms with Crippen molar-refractivity contribution < 1.29 is 14.6 Å². The minimum absolute atomic E-state index is 0.582. The van der Waals surface area contributed by atoms with Crippen LogP contribution in [-0.4, -0.2) is 34.8 Å². The predicted octanol–water partition coefficient (Wildman–Crippen LogP) is 5.34. The van der Waals surface area contributed by atoms with Crippen molar-refractivity contribution in [2.24, 2.45) is 0 Å². The van der Waals surface area contributed by atoms with Gasteiger partial charge in [-0.15, -0.1) is 0 Å². The lowest BCUT2D eigenvalue weighted by Gasteiger charge is -2.36. The number of anilines is 1. The molecule has 0 amide bonds. The van der Waals surface area contributed by atoms with Crippen molar-refractivity contribution in [1.29, 1.82) is 0 Å². The van der Waals surface area contributed by atoms with Crippen LogP contribution < -0.4 is 4.90 Å². The Morgan fingerprint density at radius 2 is 1.74 bits per heavy atom. The van der Waals surface area contributed by atoms with Crippen LogP contribution in [0.3, 0.4) is 0 Å². The smallest absolute Gasteiger partial charge is 0.337 e. The summed E-state index contributed by atoms with van der Waals surface area (Å²) in [5, 5.41) is 9.92. The summed E-state index contributed by atoms with van der Waals surface area (Å²) >= 11 is 3.68. The third-order valence-electron chi connectivity index (χ3n) is 4.85. The van der Waals surface area contributed by atoms with E-state index >= 15 is 0 Å². The Balaban J connectivity index is 2.56. The maximum atomic E-state index is 12.1. The number of nitrogens with zero attached hydrogens (tertiary/aromatic N) is 2. The van der Waals surface area contributed by atoms with Crippen LogP contribution in [0.25, 0.3) is 0 Å². The quantitative estimate of drug-likeness (QED) is 0.642. The van der Waals surface area contributed by atoms with Crippen molar-refractivity contribution in [3.05, 3.63) is 32.6 Å². The second-order valence-corrected chi connectivity index (χ2v) is 9.19. The maximum Gasteiger partial charge on any atom is 0.337 e. The summed E-state index contributed by atoms with van der Waals surface area (Å²) in [6.45, 7) is 15.5. The van der Waals surface area contributed by atoms with Gasteiger partial charge < -0.3 is 14.7 Å². The van der Waals surface area contributed by atoms with E-state index in [1.165, 1.54) is 11.1 Å². The molecule has 1 N–H and O–H groups in total. The number of carbonyl (C=O) groups is 1. The second-order valence-electron chi connectivity index (χ2n) is 8.40. The average Bonchev–Trinajstić information content (AvgIpc) is 2.55. The Morgan fingerprint density at radius 3 is 2.19 bits per heavy atom. The molecule has 5 nitrogen and oxygen atoms in total. The summed E-state index contributed by atoms with van der Waals surface area (Å²) in [4.78, 5) is 19.0. The van der Waals surface area contributed by atoms with Crippen LogP contribution >= 0.6 is 15.9 Å². The largest absolute Gasteiger partial charge is 0.479 e. The molecule has 6 heteroatoms. The summed E-state index contributed by atoms with van der Waals surface area (Å²) in [6.07, 6.45) is 0.924. The van der Waals surface area contributed by atoms with Crippen molar-refractivity contribution in [2.45, 2.75) is 73.0 Å². The number of carboxylic acid groups (broad SMARTS) is 1. The molecule has 27 heavy (non-hydrogen) atoms. The molecule has 1 aromatic rings. The van der Waals surface area contributed by atoms with Gasteiger partial charge in [-0.05, 0) is 77.2 Å². The van der Waals surface area contributed by atoms with Crippen molar-refractivity contribution >= 4 is 27.6 Å². The van der Waals surface area contributed by atoms with Gasteiger partial charge in [0.05, 0.1) is 21.5 Å². The number of carboxylic acids is 1. The molecule has 0 radical (unpaired) electrons. The zero-order valence-corrected chi connectivity index (χ0v) is 19.0. The Hall–Kier alpha value is -1.40. The van der Waals surface area contributed by atoms with E-state index in [-0.39, 0.29) is 0 Å². The van der Waals surface area contributed by atoms with E-state index in [1.54, 1.807) is 0 Å². The number of rotatable bonds is 4. The van der Waals surface area contributed by atoms with Gasteiger partial charge in [-0.25, -0.2) is 4.79 Å². The highest BCUT2D eigenvalue weighted by Gasteiger charge is 2.34. The van der Waals surface area contributed by atoms with Gasteiger partial charge in [0, 0.05) is 24.3 Å². The highest BCUT2D eigenvalue weighted by molar-refractivity contribution is 9.10. The second kappa shape index (κ2) is 8.31. The molecule has 1 aliphatic rings. The summed E-state index contributed by atoms with van der Waals surface area (Å²) in [7, 11) is 0. The van der Waals surface area contributed by atoms with Gasteiger partial charge in [0.15, 0.2) is 6.10 Å². The minimum atomic E-state index is -1.06. The fourth-order valence-corrected chi connectivity index (χ4v) is 4.08. The summed E-state index contributed by atoms with van der Waals surface area (Å²) in [6, 6.07) is 0. The van der Waals surface area contributed by atoms with Crippen LogP contribution in [0.15, 0.2) is 15.6 Å². The Labute approximate surface area is 170 Å². The van der Waals surface area contributed by atoms with Gasteiger partial charge in [0.1, 0.15) is 0 Å². The van der Waals surface area contributed by atoms with Crippen molar-refractivity contribution in [3.63, 3.8) is 0 Å². The number of allylic oxidation sites excluding steroid dienone is 1. The highest BCUT2D eigenvalue weighted by Crippen LogP contribution is 2.41. The molecule has 1 saturated heterocycles. The van der Waals surface area contributed by atoms with E-state index < -0.39 is 17.7 Å². The number of ether oxygens (including phenoxy) is 1. The summed E-state index contributed by atoms with van der Waals surface area (Å²) in [5.41, 5.74) is 5.42. The fourth-order valence-electron chi connectivity index (χ4n) is 3.53. The molecular weight excluding hydrogens is 408 g/mol. The van der Waals surface area contributed by atoms with Crippen LogP contribution in [0.4, 0.5) is 5.69 Å². The molecule has 0 spiro atoms. The molecule has 2 rings (SSSR count). The summed E-state index contributed by atoms with van der Waals surface area (Å²) in [5.74, 6) is -0.992. The first-order valence-electron chi connectivity index (χ1n) is 9.39. The van der Waals surface area contributed by atoms with Crippen molar-refractivity contribution in [1.82, 2.24) is 4.98 Å². The molecular formula is C21H31BrN2O3. The number of halogens is 1. The molecule has 0 bridgehead atoms. The molecule has 1 unspecified atom stereocenters. The summed E-state index contributed by atoms with van der Waals surface area (Å²) < 4.78 is 6.81. The highest BCUT2D eigenvalue weighted by atomic mass is 79.9. The fraction of sp³-hybridized carbons (Fsp3) is 0.619. The van der Waals surface area contributed by atoms with Gasteiger partial charge in [-0.2, -0.15) is 0 Å². The van der Waals surface area contributed by atoms with Crippen molar-refractivity contribution in [2.75, 3.05) is 18.0 Å². The van der Waals surface area contributed by atoms with Crippen LogP contribution in [0.2, 0.25) is 0 Å². The third-order valence-corrected chi connectivity index (χ3v) is 5.80. The first-order chi connectivity index (χ1) is 12.4. The average molecular weight is 439 g/mol. The molecule has 0 aromatic carbocycles. The predicted molar refractivity (Wildman–Crippen MR) is 112 cm³/mol. The first kappa shape index (κ1) is 21.9. The number of aliphatic carboxylic acids is 1. The van der Waals surface area contributed by atoms with Crippen LogP contribution in [-0.2, 0) is 9.53 Å². The topological polar surface area (TPSA) is 62.7 Å². The molecule has 150 valence electrons. The Bertz CT molecular complexity index is 752. The van der Waals surface area contributed by atoms with E-state index in [0.717, 1.165) is 41.8 Å². The van der Waals surface area contributed by atoms with Gasteiger partial charge >= 0.3 is 5.97 Å². The van der Waals surface area contributed by atoms with E-state index in [2.05, 4.69) is 39.7 Å². The van der Waals surface area contributed by atoms with Gasteiger partial charge in [-0.3, -0.25) is 4.98 Å². The van der Waals surface area contributed by atoms with Crippen LogP contribution in [0, 0.1) is 13.8 Å². The lowest BCUT2D eigenvalue weighted by atomic mass is 9.96. The zero-order chi connectivity index (χ0) is 20.5. The molecule has 1 aromatic heterocycles. The molecule has 1 atom stereocenters. The molecule has 0 aliphatic carbocycles. The zero-order valence-electron chi connectivity index (χ0n) is 17.4. The van der Waals surface area contributed by atoms with Crippen LogP contribution in [0.1, 0.15) is 70.5 Å².